The number of phenols is 1. The number of phenolic OH excluding ortho intramolecular Hbond substituents is 1. The van der Waals surface area contributed by atoms with Crippen molar-refractivity contribution >= 4 is 49.2 Å². The minimum Gasteiger partial charge on any atom is -0.508 e. The number of amides is 1. The molecule has 0 fully saturated rings. The Labute approximate surface area is 188 Å². The van der Waals surface area contributed by atoms with Crippen LogP contribution in [0.1, 0.15) is 15.9 Å². The van der Waals surface area contributed by atoms with Gasteiger partial charge in [-0.1, -0.05) is 29.5 Å². The molecule has 6 nitrogen and oxygen atoms in total. The molecule has 3 aromatic carbocycles. The maximum Gasteiger partial charge on any atom is 0.251 e. The molecule has 5 aromatic rings. The van der Waals surface area contributed by atoms with Crippen molar-refractivity contribution in [3.8, 4) is 5.75 Å². The van der Waals surface area contributed by atoms with Crippen molar-refractivity contribution in [3.05, 3.63) is 90.1 Å². The van der Waals surface area contributed by atoms with E-state index in [-0.39, 0.29) is 11.7 Å². The van der Waals surface area contributed by atoms with E-state index in [0.29, 0.717) is 18.5 Å². The molecule has 0 atom stereocenters. The van der Waals surface area contributed by atoms with Gasteiger partial charge in [0.15, 0.2) is 5.13 Å². The molecule has 0 radical (unpaired) electrons. The molecule has 3 N–H and O–H groups in total. The normalized spacial score (nSPS) is 11.0. The fourth-order valence-electron chi connectivity index (χ4n) is 3.48. The van der Waals surface area contributed by atoms with E-state index in [0.717, 1.165) is 37.5 Å². The van der Waals surface area contributed by atoms with Crippen LogP contribution in [-0.2, 0) is 6.42 Å². The van der Waals surface area contributed by atoms with Crippen LogP contribution in [0.15, 0.2) is 79.0 Å². The fourth-order valence-corrected chi connectivity index (χ4v) is 4.41. The summed E-state index contributed by atoms with van der Waals surface area (Å²) in [6, 6.07) is 22.5. The van der Waals surface area contributed by atoms with Crippen LogP contribution in [0.3, 0.4) is 0 Å². The van der Waals surface area contributed by atoms with Crippen molar-refractivity contribution in [3.63, 3.8) is 0 Å². The molecular weight excluding hydrogens is 420 g/mol. The standard InChI is InChI=1S/C25H20N4O2S/c30-20-7-3-16(4-8-20)11-13-27-24(31)18-5-9-22-23(15-18)32-25(29-22)28-19-6-10-21-17(14-19)2-1-12-26-21/h1-10,12,14-15,30H,11,13H2,(H,27,31)(H,28,29). The van der Waals surface area contributed by atoms with Crippen molar-refractivity contribution in [2.24, 2.45) is 0 Å². The van der Waals surface area contributed by atoms with E-state index in [4.69, 9.17) is 0 Å². The molecule has 0 bridgehead atoms. The molecule has 0 saturated carbocycles. The van der Waals surface area contributed by atoms with E-state index in [9.17, 15) is 9.90 Å². The Bertz CT molecular complexity index is 1410. The summed E-state index contributed by atoms with van der Waals surface area (Å²) in [5.41, 5.74) is 4.40. The highest BCUT2D eigenvalue weighted by atomic mass is 32.1. The van der Waals surface area contributed by atoms with Crippen molar-refractivity contribution in [2.75, 3.05) is 11.9 Å². The lowest BCUT2D eigenvalue weighted by molar-refractivity contribution is 0.0954. The number of nitrogens with zero attached hydrogens (tertiary/aromatic N) is 2. The fraction of sp³-hybridized carbons (Fsp3) is 0.0800. The van der Waals surface area contributed by atoms with Crippen LogP contribution in [0.4, 0.5) is 10.8 Å². The minimum atomic E-state index is -0.115. The van der Waals surface area contributed by atoms with Crippen LogP contribution in [0, 0.1) is 0 Å². The largest absolute Gasteiger partial charge is 0.508 e. The second-order valence-corrected chi connectivity index (χ2v) is 8.44. The predicted octanol–water partition coefficient (Wildman–Crippen LogP) is 5.27. The van der Waals surface area contributed by atoms with Crippen molar-refractivity contribution < 1.29 is 9.90 Å². The van der Waals surface area contributed by atoms with Crippen LogP contribution >= 0.6 is 11.3 Å². The van der Waals surface area contributed by atoms with E-state index < -0.39 is 0 Å². The molecule has 2 heterocycles. The highest BCUT2D eigenvalue weighted by Crippen LogP contribution is 2.30. The summed E-state index contributed by atoms with van der Waals surface area (Å²) < 4.78 is 0.946. The summed E-state index contributed by atoms with van der Waals surface area (Å²) >= 11 is 1.51. The molecular formula is C25H20N4O2S. The highest BCUT2D eigenvalue weighted by Gasteiger charge is 2.10. The van der Waals surface area contributed by atoms with Gasteiger partial charge in [0, 0.05) is 29.4 Å². The van der Waals surface area contributed by atoms with Gasteiger partial charge in [-0.15, -0.1) is 0 Å². The Kier molecular flexibility index (Phi) is 5.39. The summed E-state index contributed by atoms with van der Waals surface area (Å²) in [5.74, 6) is 0.123. The van der Waals surface area contributed by atoms with Crippen LogP contribution < -0.4 is 10.6 Å². The summed E-state index contributed by atoms with van der Waals surface area (Å²) in [5, 5.41) is 17.5. The molecule has 0 saturated heterocycles. The van der Waals surface area contributed by atoms with E-state index in [2.05, 4.69) is 20.6 Å². The van der Waals surface area contributed by atoms with Gasteiger partial charge in [0.1, 0.15) is 5.75 Å². The van der Waals surface area contributed by atoms with E-state index in [1.165, 1.54) is 11.3 Å². The first-order valence-corrected chi connectivity index (χ1v) is 11.0. The molecule has 0 aliphatic rings. The van der Waals surface area contributed by atoms with E-state index >= 15 is 0 Å². The minimum absolute atomic E-state index is 0.115. The maximum atomic E-state index is 12.6. The number of pyridine rings is 1. The smallest absolute Gasteiger partial charge is 0.251 e. The second kappa shape index (κ2) is 8.64. The number of anilines is 2. The number of thiazole rings is 1. The summed E-state index contributed by atoms with van der Waals surface area (Å²) in [4.78, 5) is 21.5. The Balaban J connectivity index is 1.26. The first kappa shape index (κ1) is 20.0. The molecule has 158 valence electrons. The average molecular weight is 441 g/mol. The van der Waals surface area contributed by atoms with Gasteiger partial charge in [-0.25, -0.2) is 4.98 Å². The molecule has 0 unspecified atom stereocenters. The number of fused-ring (bicyclic) bond motifs is 2. The van der Waals surface area contributed by atoms with Gasteiger partial charge in [0.2, 0.25) is 0 Å². The van der Waals surface area contributed by atoms with Gasteiger partial charge < -0.3 is 15.7 Å². The Morgan fingerprint density at radius 3 is 2.69 bits per heavy atom. The molecule has 0 spiro atoms. The number of aromatic nitrogens is 2. The zero-order valence-electron chi connectivity index (χ0n) is 17.1. The number of benzene rings is 3. The van der Waals surface area contributed by atoms with E-state index in [1.54, 1.807) is 24.4 Å². The van der Waals surface area contributed by atoms with Gasteiger partial charge in [-0.3, -0.25) is 9.78 Å². The number of aromatic hydroxyl groups is 1. The quantitative estimate of drug-likeness (QED) is 0.335. The monoisotopic (exact) mass is 440 g/mol. The van der Waals surface area contributed by atoms with Gasteiger partial charge in [0.25, 0.3) is 5.91 Å². The van der Waals surface area contributed by atoms with Crippen LogP contribution in [0.5, 0.6) is 5.75 Å². The van der Waals surface area contributed by atoms with Crippen molar-refractivity contribution in [1.82, 2.24) is 15.3 Å². The van der Waals surface area contributed by atoms with Crippen LogP contribution in [0.2, 0.25) is 0 Å². The number of hydrogen-bond donors (Lipinski definition) is 3. The van der Waals surface area contributed by atoms with Gasteiger partial charge in [-0.2, -0.15) is 0 Å². The lowest BCUT2D eigenvalue weighted by Gasteiger charge is -2.05. The number of carbonyl (C=O) groups is 1. The van der Waals surface area contributed by atoms with Crippen LogP contribution in [0.25, 0.3) is 21.1 Å². The molecule has 5 rings (SSSR count). The Morgan fingerprint density at radius 1 is 0.969 bits per heavy atom. The molecule has 0 aliphatic carbocycles. The van der Waals surface area contributed by atoms with Gasteiger partial charge in [0.05, 0.1) is 15.7 Å². The highest BCUT2D eigenvalue weighted by molar-refractivity contribution is 7.22. The van der Waals surface area contributed by atoms with Crippen LogP contribution in [-0.4, -0.2) is 27.5 Å². The number of rotatable bonds is 6. The van der Waals surface area contributed by atoms with Crippen molar-refractivity contribution in [1.29, 1.82) is 0 Å². The molecule has 1 amide bonds. The maximum absolute atomic E-state index is 12.6. The summed E-state index contributed by atoms with van der Waals surface area (Å²) in [7, 11) is 0. The SMILES string of the molecule is O=C(NCCc1ccc(O)cc1)c1ccc2nc(Nc3ccc4ncccc4c3)sc2c1. The van der Waals surface area contributed by atoms with Gasteiger partial charge in [-0.05, 0) is 66.6 Å². The topological polar surface area (TPSA) is 87.1 Å². The molecule has 7 heteroatoms. The molecule has 2 aromatic heterocycles. The lowest BCUT2D eigenvalue weighted by Crippen LogP contribution is -2.25. The first-order valence-electron chi connectivity index (χ1n) is 10.2. The van der Waals surface area contributed by atoms with Crippen molar-refractivity contribution in [2.45, 2.75) is 6.42 Å². The van der Waals surface area contributed by atoms with E-state index in [1.807, 2.05) is 54.6 Å². The number of nitrogens with one attached hydrogen (secondary N) is 2. The zero-order valence-corrected chi connectivity index (χ0v) is 17.9. The lowest BCUT2D eigenvalue weighted by atomic mass is 10.1. The van der Waals surface area contributed by atoms with Gasteiger partial charge >= 0.3 is 0 Å². The number of carbonyl (C=O) groups excluding carboxylic acids is 1. The second-order valence-electron chi connectivity index (χ2n) is 7.41. The molecule has 32 heavy (non-hydrogen) atoms. The first-order chi connectivity index (χ1) is 15.6. The number of hydrogen-bond acceptors (Lipinski definition) is 6. The third-order valence-electron chi connectivity index (χ3n) is 5.14. The third kappa shape index (κ3) is 4.38. The summed E-state index contributed by atoms with van der Waals surface area (Å²) in [6.07, 6.45) is 2.48. The Morgan fingerprint density at radius 2 is 1.81 bits per heavy atom. The summed E-state index contributed by atoms with van der Waals surface area (Å²) in [6.45, 7) is 0.522. The molecule has 0 aliphatic heterocycles. The third-order valence-corrected chi connectivity index (χ3v) is 6.07. The average Bonchev–Trinajstić information content (AvgIpc) is 3.21. The predicted molar refractivity (Wildman–Crippen MR) is 129 cm³/mol. The Hall–Kier alpha value is -3.97. The zero-order chi connectivity index (χ0) is 21.9.